The number of carbonyl (C=O) groups excluding carboxylic acids is 5. The van der Waals surface area contributed by atoms with Gasteiger partial charge in [0, 0.05) is 67.1 Å². The number of methoxy groups -OCH3 is 1. The number of aliphatic hydroxyl groups excluding tert-OH is 2. The van der Waals surface area contributed by atoms with Gasteiger partial charge in [-0.15, -0.1) is 0 Å². The number of imide groups is 1. The van der Waals surface area contributed by atoms with Crippen molar-refractivity contribution in [3.8, 4) is 17.2 Å². The van der Waals surface area contributed by atoms with Crippen LogP contribution in [0.2, 0.25) is 0 Å². The van der Waals surface area contributed by atoms with E-state index in [-0.39, 0.29) is 53.1 Å². The first kappa shape index (κ1) is 38.7. The van der Waals surface area contributed by atoms with Gasteiger partial charge >= 0.3 is 0 Å². The summed E-state index contributed by atoms with van der Waals surface area (Å²) in [4.78, 5) is 65.1. The molecule has 8 N–H and O–H groups in total. The van der Waals surface area contributed by atoms with Crippen molar-refractivity contribution in [3.05, 3.63) is 63.7 Å². The number of amides is 3. The number of ether oxygens (including phenoxy) is 3. The highest BCUT2D eigenvalue weighted by atomic mass is 16.7. The summed E-state index contributed by atoms with van der Waals surface area (Å²) in [7, 11) is 1.32. The average molecular weight is 751 g/mol. The van der Waals surface area contributed by atoms with Crippen molar-refractivity contribution in [2.45, 2.75) is 88.1 Å². The van der Waals surface area contributed by atoms with E-state index in [9.17, 15) is 49.5 Å². The molecule has 2 aromatic carbocycles. The van der Waals surface area contributed by atoms with Gasteiger partial charge in [0.15, 0.2) is 12.1 Å². The molecule has 3 amide bonds. The molecule has 0 spiro atoms. The summed E-state index contributed by atoms with van der Waals surface area (Å²) < 4.78 is 17.4. The molecule has 1 fully saturated rings. The highest BCUT2D eigenvalue weighted by Gasteiger charge is 2.49. The number of phenolic OH excluding ortho intramolecular Hbond substituents is 2. The highest BCUT2D eigenvalue weighted by molar-refractivity contribution is 6.31. The van der Waals surface area contributed by atoms with E-state index in [0.717, 1.165) is 4.90 Å². The van der Waals surface area contributed by atoms with Crippen LogP contribution in [-0.2, 0) is 30.3 Å². The van der Waals surface area contributed by atoms with E-state index in [1.165, 1.54) is 37.5 Å². The summed E-state index contributed by atoms with van der Waals surface area (Å²) in [6, 6.07) is 3.57. The van der Waals surface area contributed by atoms with Crippen LogP contribution in [-0.4, -0.2) is 116 Å². The molecule has 17 heteroatoms. The molecule has 2 aliphatic heterocycles. The molecule has 6 rings (SSSR count). The van der Waals surface area contributed by atoms with E-state index < -0.39 is 108 Å². The lowest BCUT2D eigenvalue weighted by molar-refractivity contribution is -0.245. The SMILES string of the molecule is COc1cccc2c1C(=O)c1c(O)c3c(c(O)c1C2=O)C[C@](O)(/C(CO)=N/NC(=O)CCCCCN1C(=O)C=CC1=O)C[C@@H]3OC1C[C@H](N)[C@H](O)[C@H](C)O1. The number of unbranched alkanes of at least 4 members (excludes halogenated alkanes) is 2. The van der Waals surface area contributed by atoms with Crippen LogP contribution in [0.1, 0.15) is 94.5 Å². The molecule has 0 radical (unpaired) electrons. The van der Waals surface area contributed by atoms with Gasteiger partial charge in [-0.1, -0.05) is 18.6 Å². The van der Waals surface area contributed by atoms with Gasteiger partial charge < -0.3 is 45.5 Å². The molecule has 288 valence electrons. The van der Waals surface area contributed by atoms with Gasteiger partial charge in [0.2, 0.25) is 11.7 Å². The molecule has 2 aromatic rings. The lowest BCUT2D eigenvalue weighted by Gasteiger charge is -2.43. The quantitative estimate of drug-likeness (QED) is 0.0434. The minimum Gasteiger partial charge on any atom is -0.507 e. The zero-order valence-electron chi connectivity index (χ0n) is 29.6. The normalized spacial score (nSPS) is 26.4. The van der Waals surface area contributed by atoms with Crippen molar-refractivity contribution < 1.29 is 63.7 Å². The van der Waals surface area contributed by atoms with Crippen molar-refractivity contribution in [2.24, 2.45) is 10.8 Å². The number of ketones is 2. The Kier molecular flexibility index (Phi) is 11.0. The van der Waals surface area contributed by atoms with E-state index in [1.54, 1.807) is 6.92 Å². The summed E-state index contributed by atoms with van der Waals surface area (Å²) in [6.07, 6.45) is -1.56. The van der Waals surface area contributed by atoms with E-state index in [4.69, 9.17) is 19.9 Å². The molecule has 6 atom stereocenters. The van der Waals surface area contributed by atoms with Crippen molar-refractivity contribution in [1.29, 1.82) is 0 Å². The van der Waals surface area contributed by atoms with Gasteiger partial charge in [-0.3, -0.25) is 28.9 Å². The zero-order chi connectivity index (χ0) is 39.1. The number of hydrogen-bond acceptors (Lipinski definition) is 15. The number of aliphatic hydroxyl groups is 3. The Morgan fingerprint density at radius 1 is 1.06 bits per heavy atom. The Labute approximate surface area is 309 Å². The van der Waals surface area contributed by atoms with Gasteiger partial charge in [0.05, 0.1) is 54.4 Å². The molecular weight excluding hydrogens is 708 g/mol. The minimum atomic E-state index is -2.16. The Morgan fingerprint density at radius 3 is 2.43 bits per heavy atom. The monoisotopic (exact) mass is 750 g/mol. The fourth-order valence-electron chi connectivity index (χ4n) is 7.47. The van der Waals surface area contributed by atoms with Crippen LogP contribution < -0.4 is 15.9 Å². The first-order chi connectivity index (χ1) is 25.7. The van der Waals surface area contributed by atoms with Crippen molar-refractivity contribution in [1.82, 2.24) is 10.3 Å². The predicted octanol–water partition coefficient (Wildman–Crippen LogP) is 0.390. The second-order valence-corrected chi connectivity index (χ2v) is 13.8. The lowest BCUT2D eigenvalue weighted by atomic mass is 9.71. The number of hydrazone groups is 1. The maximum absolute atomic E-state index is 14.0. The number of nitrogens with one attached hydrogen (secondary N) is 1. The maximum Gasteiger partial charge on any atom is 0.253 e. The van der Waals surface area contributed by atoms with Crippen LogP contribution in [0.5, 0.6) is 17.2 Å². The standard InChI is InChI=1S/C37H42N4O13/c1-17-32(46)20(38)13-27(53-17)54-22-15-37(51,23(16-42)39-40-24(43)9-4-3-5-12-41-25(44)10-11-26(41)45)14-19-29(22)36(50)31-30(34(19)48)33(47)18-7-6-8-21(52-2)28(18)35(31)49/h6-8,10-11,17,20,22,27,32,42,46,48,50-51H,3-5,9,12-16,38H2,1-2H3,(H,40,43)/b39-23+/t17-,20-,22-,27?,32+,37+/m0/s1. The molecule has 4 aliphatic rings. The third-order valence-corrected chi connectivity index (χ3v) is 10.3. The third kappa shape index (κ3) is 7.01. The smallest absolute Gasteiger partial charge is 0.253 e. The topological polar surface area (TPSA) is 268 Å². The number of phenols is 2. The first-order valence-corrected chi connectivity index (χ1v) is 17.5. The molecule has 17 nitrogen and oxygen atoms in total. The van der Waals surface area contributed by atoms with E-state index in [2.05, 4.69) is 10.5 Å². The fraction of sp³-hybridized carbons (Fsp3) is 0.459. The van der Waals surface area contributed by atoms with Crippen molar-refractivity contribution in [3.63, 3.8) is 0 Å². The van der Waals surface area contributed by atoms with E-state index in [0.29, 0.717) is 19.3 Å². The molecule has 0 aromatic heterocycles. The average Bonchev–Trinajstić information content (AvgIpc) is 3.46. The number of carbonyl (C=O) groups is 5. The Bertz CT molecular complexity index is 1930. The molecule has 1 saturated heterocycles. The second-order valence-electron chi connectivity index (χ2n) is 13.8. The molecule has 0 saturated carbocycles. The number of nitrogens with two attached hydrogens (primary N) is 1. The molecular formula is C37H42N4O13. The van der Waals surface area contributed by atoms with Gasteiger partial charge in [-0.05, 0) is 25.8 Å². The molecule has 54 heavy (non-hydrogen) atoms. The van der Waals surface area contributed by atoms with Crippen molar-refractivity contribution >= 4 is 35.0 Å². The summed E-state index contributed by atoms with van der Waals surface area (Å²) in [6.45, 7) is 0.910. The largest absolute Gasteiger partial charge is 0.507 e. The zero-order valence-corrected chi connectivity index (χ0v) is 29.6. The van der Waals surface area contributed by atoms with Gasteiger partial charge in [0.25, 0.3) is 11.8 Å². The van der Waals surface area contributed by atoms with Gasteiger partial charge in [0.1, 0.15) is 22.8 Å². The summed E-state index contributed by atoms with van der Waals surface area (Å²) in [5.41, 5.74) is 4.46. The number of nitrogens with zero attached hydrogens (tertiary/aromatic N) is 2. The number of hydrogen-bond donors (Lipinski definition) is 7. The Hall–Kier alpha value is -5.04. The number of rotatable bonds is 12. The number of fused-ring (bicyclic) bond motifs is 3. The van der Waals surface area contributed by atoms with Gasteiger partial charge in [-0.25, -0.2) is 5.43 Å². The van der Waals surface area contributed by atoms with Crippen LogP contribution in [0.15, 0.2) is 35.5 Å². The number of aromatic hydroxyl groups is 2. The third-order valence-electron chi connectivity index (χ3n) is 10.3. The van der Waals surface area contributed by atoms with Crippen LogP contribution in [0.25, 0.3) is 0 Å². The van der Waals surface area contributed by atoms with Gasteiger partial charge in [-0.2, -0.15) is 5.10 Å². The molecule has 1 unspecified atom stereocenters. The van der Waals surface area contributed by atoms with Crippen LogP contribution in [0.3, 0.4) is 0 Å². The Balaban J connectivity index is 1.29. The molecule has 0 bridgehead atoms. The predicted molar refractivity (Wildman–Crippen MR) is 187 cm³/mol. The van der Waals surface area contributed by atoms with Crippen LogP contribution >= 0.6 is 0 Å². The maximum atomic E-state index is 14.0. The first-order valence-electron chi connectivity index (χ1n) is 17.5. The van der Waals surface area contributed by atoms with Crippen molar-refractivity contribution in [2.75, 3.05) is 20.3 Å². The Morgan fingerprint density at radius 2 is 1.76 bits per heavy atom. The van der Waals surface area contributed by atoms with Crippen LogP contribution in [0, 0.1) is 0 Å². The summed E-state index contributed by atoms with van der Waals surface area (Å²) >= 11 is 0. The minimum absolute atomic E-state index is 0.0120. The summed E-state index contributed by atoms with van der Waals surface area (Å²) in [5, 5.41) is 60.5. The molecule has 2 heterocycles. The van der Waals surface area contributed by atoms with E-state index >= 15 is 0 Å². The number of benzene rings is 2. The van der Waals surface area contributed by atoms with E-state index in [1.807, 2.05) is 0 Å². The lowest BCUT2D eigenvalue weighted by Crippen LogP contribution is -2.53. The fourth-order valence-corrected chi connectivity index (χ4v) is 7.47. The molecule has 2 aliphatic carbocycles. The summed E-state index contributed by atoms with van der Waals surface area (Å²) in [5.74, 6) is -4.25. The van der Waals surface area contributed by atoms with Crippen LogP contribution in [0.4, 0.5) is 0 Å². The highest BCUT2D eigenvalue weighted by Crippen LogP contribution is 2.52. The second kappa shape index (κ2) is 15.4.